The number of ether oxygens (including phenoxy) is 12. The molecule has 73 heavy (non-hydrogen) atoms. The molecule has 0 spiro atoms. The van der Waals surface area contributed by atoms with Crippen LogP contribution in [0.5, 0.6) is 34.5 Å². The van der Waals surface area contributed by atoms with E-state index in [0.29, 0.717) is 22.3 Å². The van der Waals surface area contributed by atoms with Gasteiger partial charge in [0.2, 0.25) is 0 Å². The normalized spacial score (nSPS) is 13.2. The van der Waals surface area contributed by atoms with Crippen LogP contribution in [0.4, 0.5) is 28.8 Å². The highest BCUT2D eigenvalue weighted by Gasteiger charge is 2.51. The summed E-state index contributed by atoms with van der Waals surface area (Å²) in [5, 5.41) is 0. The molecule has 18 nitrogen and oxygen atoms in total. The van der Waals surface area contributed by atoms with Crippen LogP contribution in [0.2, 0.25) is 0 Å². The van der Waals surface area contributed by atoms with Crippen LogP contribution in [0, 0.1) is 0 Å². The maximum atomic E-state index is 14.0. The molecule has 0 saturated carbocycles. The van der Waals surface area contributed by atoms with E-state index in [4.69, 9.17) is 56.8 Å². The van der Waals surface area contributed by atoms with Gasteiger partial charge in [-0.1, -0.05) is 48.5 Å². The maximum Gasteiger partial charge on any atom is 0.514 e. The van der Waals surface area contributed by atoms with Crippen molar-refractivity contribution in [1.82, 2.24) is 0 Å². The summed E-state index contributed by atoms with van der Waals surface area (Å²) in [5.74, 6) is -2.64. The summed E-state index contributed by atoms with van der Waals surface area (Å²) in [6, 6.07) is 18.9. The number of hydrogen-bond acceptors (Lipinski definition) is 18. The molecule has 18 heteroatoms. The third-order valence-electron chi connectivity index (χ3n) is 9.35. The van der Waals surface area contributed by atoms with Crippen LogP contribution >= 0.6 is 0 Å². The number of carbonyl (C=O) groups excluding carboxylic acids is 6. The van der Waals surface area contributed by atoms with Gasteiger partial charge in [-0.15, -0.1) is 0 Å². The van der Waals surface area contributed by atoms with Gasteiger partial charge in [0, 0.05) is 23.3 Å². The largest absolute Gasteiger partial charge is 0.514 e. The highest BCUT2D eigenvalue weighted by atomic mass is 16.8. The summed E-state index contributed by atoms with van der Waals surface area (Å²) in [5.41, 5.74) is -6.61. The maximum absolute atomic E-state index is 14.0. The highest BCUT2D eigenvalue weighted by molar-refractivity contribution is 5.90. The molecule has 0 aromatic heterocycles. The first-order valence-electron chi connectivity index (χ1n) is 23.3. The SMILES string of the molecule is CC(C)(C)OC(=O)Oc1cc(OC(=O)OC(C)(C)C)c(C2(c3cc(OC(=O)OC(C)(C)C)c(OC(=O)OC(C)(C)C)cc3OC(=O)OC(C)(C)C)c3ccccc3-c3ccccc32)cc1OC(=O)OC(C)(C)C. The molecular formula is C55H66O18. The van der Waals surface area contributed by atoms with Crippen molar-refractivity contribution in [2.24, 2.45) is 0 Å². The minimum Gasteiger partial charge on any atom is -0.428 e. The van der Waals surface area contributed by atoms with Crippen LogP contribution < -0.4 is 28.4 Å². The highest BCUT2D eigenvalue weighted by Crippen LogP contribution is 2.62. The molecule has 5 rings (SSSR count). The molecule has 4 aromatic carbocycles. The van der Waals surface area contributed by atoms with E-state index in [1.165, 1.54) is 12.1 Å². The molecule has 4 aromatic rings. The van der Waals surface area contributed by atoms with Crippen molar-refractivity contribution in [2.45, 2.75) is 164 Å². The van der Waals surface area contributed by atoms with Crippen LogP contribution in [0.25, 0.3) is 11.1 Å². The molecule has 1 aliphatic rings. The summed E-state index contributed by atoms with van der Waals surface area (Å²) in [6.45, 7) is 28.9. The van der Waals surface area contributed by atoms with Gasteiger partial charge < -0.3 is 56.8 Å². The molecular weight excluding hydrogens is 949 g/mol. The zero-order chi connectivity index (χ0) is 54.9. The third kappa shape index (κ3) is 15.3. The summed E-state index contributed by atoms with van der Waals surface area (Å²) >= 11 is 0. The molecule has 0 fully saturated rings. The number of carbonyl (C=O) groups is 6. The summed E-state index contributed by atoms with van der Waals surface area (Å²) in [4.78, 5) is 82.6. The van der Waals surface area contributed by atoms with Gasteiger partial charge in [-0.3, -0.25) is 0 Å². The van der Waals surface area contributed by atoms with Gasteiger partial charge in [-0.2, -0.15) is 0 Å². The Morgan fingerprint density at radius 1 is 0.288 bits per heavy atom. The smallest absolute Gasteiger partial charge is 0.428 e. The number of benzene rings is 4. The number of fused-ring (bicyclic) bond motifs is 3. The van der Waals surface area contributed by atoms with Gasteiger partial charge in [0.25, 0.3) is 0 Å². The van der Waals surface area contributed by atoms with E-state index >= 15 is 0 Å². The van der Waals surface area contributed by atoms with Gasteiger partial charge >= 0.3 is 36.9 Å². The topological polar surface area (TPSA) is 213 Å². The van der Waals surface area contributed by atoms with Crippen molar-refractivity contribution in [3.8, 4) is 45.6 Å². The second-order valence-electron chi connectivity index (χ2n) is 22.8. The molecule has 0 radical (unpaired) electrons. The fourth-order valence-corrected chi connectivity index (χ4v) is 7.28. The fourth-order valence-electron chi connectivity index (χ4n) is 7.28. The Bertz CT molecular complexity index is 2570. The Hall–Kier alpha value is -7.50. The zero-order valence-corrected chi connectivity index (χ0v) is 44.8. The van der Waals surface area contributed by atoms with E-state index in [9.17, 15) is 28.8 Å². The van der Waals surface area contributed by atoms with Crippen molar-refractivity contribution < 1.29 is 85.6 Å². The van der Waals surface area contributed by atoms with Crippen LogP contribution in [0.1, 0.15) is 147 Å². The molecule has 1 aliphatic carbocycles. The Labute approximate surface area is 425 Å². The first-order chi connectivity index (χ1) is 33.3. The monoisotopic (exact) mass is 1010 g/mol. The number of hydrogen-bond donors (Lipinski definition) is 0. The summed E-state index contributed by atoms with van der Waals surface area (Å²) < 4.78 is 69.0. The number of rotatable bonds is 8. The molecule has 0 amide bonds. The van der Waals surface area contributed by atoms with Crippen molar-refractivity contribution in [3.63, 3.8) is 0 Å². The van der Waals surface area contributed by atoms with Crippen molar-refractivity contribution in [3.05, 3.63) is 95.1 Å². The Morgan fingerprint density at radius 3 is 0.726 bits per heavy atom. The summed E-state index contributed by atoms with van der Waals surface area (Å²) in [6.07, 6.45) is -7.40. The lowest BCUT2D eigenvalue weighted by atomic mass is 9.66. The molecule has 0 aliphatic heterocycles. The quantitative estimate of drug-likeness (QED) is 0.0802. The standard InChI is InChI=1S/C55H66O18/c1-49(2,3)68-43(56)62-37-29-41(66-47(60)72-53(13,14)15)39(64-45(58)70-51(7,8)9)27-35(37)55(33-25-21-19-23-31(33)32-24-20-22-26-34(32)55)36-28-40(65-46(59)71-52(10,11)12)42(67-48(61)73-54(16,17)18)30-38(36)63-44(57)69-50(4,5)6/h19-30H,1-18H3. The van der Waals surface area contributed by atoms with E-state index in [0.717, 1.165) is 12.1 Å². The molecule has 0 atom stereocenters. The fraction of sp³-hybridized carbons (Fsp3) is 0.455. The second kappa shape index (κ2) is 20.5. The molecule has 0 heterocycles. The Morgan fingerprint density at radius 2 is 0.493 bits per heavy atom. The van der Waals surface area contributed by atoms with E-state index in [1.54, 1.807) is 161 Å². The summed E-state index contributed by atoms with van der Waals surface area (Å²) in [7, 11) is 0. The third-order valence-corrected chi connectivity index (χ3v) is 9.35. The molecule has 0 N–H and O–H groups in total. The molecule has 0 saturated heterocycles. The van der Waals surface area contributed by atoms with Crippen molar-refractivity contribution in [2.75, 3.05) is 0 Å². The van der Waals surface area contributed by atoms with Crippen LogP contribution in [-0.2, 0) is 33.8 Å². The van der Waals surface area contributed by atoms with E-state index in [2.05, 4.69) is 0 Å². The zero-order valence-electron chi connectivity index (χ0n) is 44.8. The van der Waals surface area contributed by atoms with Crippen molar-refractivity contribution in [1.29, 1.82) is 0 Å². The lowest BCUT2D eigenvalue weighted by Gasteiger charge is -2.36. The van der Waals surface area contributed by atoms with Gasteiger partial charge in [-0.05, 0) is 159 Å². The van der Waals surface area contributed by atoms with Crippen LogP contribution in [-0.4, -0.2) is 70.5 Å². The molecule has 0 unspecified atom stereocenters. The van der Waals surface area contributed by atoms with Gasteiger partial charge in [0.1, 0.15) is 45.1 Å². The predicted molar refractivity (Wildman–Crippen MR) is 265 cm³/mol. The van der Waals surface area contributed by atoms with Crippen LogP contribution in [0.3, 0.4) is 0 Å². The second-order valence-corrected chi connectivity index (χ2v) is 22.8. The average Bonchev–Trinajstić information content (AvgIpc) is 3.46. The lowest BCUT2D eigenvalue weighted by Crippen LogP contribution is -2.33. The average molecular weight is 1020 g/mol. The van der Waals surface area contributed by atoms with E-state index in [1.807, 2.05) is 12.1 Å². The van der Waals surface area contributed by atoms with E-state index in [-0.39, 0.29) is 22.6 Å². The van der Waals surface area contributed by atoms with Crippen LogP contribution in [0.15, 0.2) is 72.8 Å². The molecule has 0 bridgehead atoms. The van der Waals surface area contributed by atoms with Crippen molar-refractivity contribution >= 4 is 36.9 Å². The Kier molecular flexibility index (Phi) is 15.9. The minimum atomic E-state index is -1.96. The van der Waals surface area contributed by atoms with E-state index < -0.39 is 99.0 Å². The first-order valence-corrected chi connectivity index (χ1v) is 23.3. The van der Waals surface area contributed by atoms with Gasteiger partial charge in [0.15, 0.2) is 23.0 Å². The van der Waals surface area contributed by atoms with Gasteiger partial charge in [0.05, 0.1) is 5.41 Å². The Balaban J connectivity index is 2.07. The molecule has 394 valence electrons. The minimum absolute atomic E-state index is 0.0658. The first kappa shape index (κ1) is 56.4. The lowest BCUT2D eigenvalue weighted by molar-refractivity contribution is 0.0132. The van der Waals surface area contributed by atoms with Gasteiger partial charge in [-0.25, -0.2) is 28.8 Å². The predicted octanol–water partition coefficient (Wildman–Crippen LogP) is 13.9.